The molecular weight excluding hydrogens is 202 g/mol. The van der Waals surface area contributed by atoms with Gasteiger partial charge in [-0.1, -0.05) is 11.8 Å². The average Bonchev–Trinajstić information content (AvgIpc) is 2.49. The molecule has 0 unspecified atom stereocenters. The molecule has 0 fully saturated rings. The van der Waals surface area contributed by atoms with E-state index in [1.54, 1.807) is 11.8 Å². The molecule has 0 aliphatic rings. The Morgan fingerprint density at radius 2 is 2.21 bits per heavy atom. The van der Waals surface area contributed by atoms with Crippen LogP contribution in [0.1, 0.15) is 5.82 Å². The van der Waals surface area contributed by atoms with Crippen LogP contribution in [0, 0.1) is 6.92 Å². The van der Waals surface area contributed by atoms with Crippen molar-refractivity contribution in [2.75, 3.05) is 25.6 Å². The summed E-state index contributed by atoms with van der Waals surface area (Å²) in [6.07, 6.45) is 0. The van der Waals surface area contributed by atoms with E-state index in [1.165, 1.54) is 0 Å². The Kier molecular flexibility index (Phi) is 4.92. The van der Waals surface area contributed by atoms with Crippen molar-refractivity contribution in [2.24, 2.45) is 7.05 Å². The van der Waals surface area contributed by atoms with Gasteiger partial charge in [0.05, 0.1) is 19.8 Å². The highest BCUT2D eigenvalue weighted by Crippen LogP contribution is 2.14. The van der Waals surface area contributed by atoms with Gasteiger partial charge >= 0.3 is 0 Å². The molecule has 0 atom stereocenters. The molecule has 1 N–H and O–H groups in total. The van der Waals surface area contributed by atoms with Gasteiger partial charge in [0, 0.05) is 12.8 Å². The second-order valence-corrected chi connectivity index (χ2v) is 3.84. The number of rotatable bonds is 6. The van der Waals surface area contributed by atoms with Crippen molar-refractivity contribution in [2.45, 2.75) is 12.1 Å². The van der Waals surface area contributed by atoms with Crippen molar-refractivity contribution in [3.8, 4) is 0 Å². The van der Waals surface area contributed by atoms with E-state index in [0.29, 0.717) is 13.2 Å². The Morgan fingerprint density at radius 1 is 1.43 bits per heavy atom. The van der Waals surface area contributed by atoms with Crippen molar-refractivity contribution in [3.63, 3.8) is 0 Å². The summed E-state index contributed by atoms with van der Waals surface area (Å²) in [6.45, 7) is 3.02. The van der Waals surface area contributed by atoms with Crippen LogP contribution < -0.4 is 0 Å². The molecule has 0 aliphatic carbocycles. The Hall–Kier alpha value is -0.590. The highest BCUT2D eigenvalue weighted by atomic mass is 32.2. The Morgan fingerprint density at radius 3 is 2.79 bits per heavy atom. The second kappa shape index (κ2) is 6.00. The molecule has 1 aromatic rings. The van der Waals surface area contributed by atoms with Crippen LogP contribution in [0.3, 0.4) is 0 Å². The zero-order valence-electron chi connectivity index (χ0n) is 8.43. The first-order chi connectivity index (χ1) is 6.75. The number of aromatic nitrogens is 3. The number of aliphatic hydroxyl groups is 1. The first-order valence-corrected chi connectivity index (χ1v) is 5.41. The first-order valence-electron chi connectivity index (χ1n) is 4.43. The quantitative estimate of drug-likeness (QED) is 0.546. The lowest BCUT2D eigenvalue weighted by Gasteiger charge is -2.02. The molecular formula is C8H15N3O2S. The number of ether oxygens (including phenoxy) is 1. The molecule has 14 heavy (non-hydrogen) atoms. The van der Waals surface area contributed by atoms with Crippen LogP contribution in [0.2, 0.25) is 0 Å². The van der Waals surface area contributed by atoms with E-state index in [2.05, 4.69) is 10.2 Å². The van der Waals surface area contributed by atoms with Crippen molar-refractivity contribution in [3.05, 3.63) is 5.82 Å². The molecule has 5 nitrogen and oxygen atoms in total. The number of hydrogen-bond acceptors (Lipinski definition) is 5. The summed E-state index contributed by atoms with van der Waals surface area (Å²) in [5.74, 6) is 1.73. The Labute approximate surface area is 87.5 Å². The van der Waals surface area contributed by atoms with E-state index < -0.39 is 0 Å². The van der Waals surface area contributed by atoms with Crippen LogP contribution in [-0.2, 0) is 11.8 Å². The molecule has 0 aliphatic heterocycles. The standard InChI is InChI=1S/C8H15N3O2S/c1-7-9-10-8(11(7)2)14-6-5-13-4-3-12/h12H,3-6H2,1-2H3. The van der Waals surface area contributed by atoms with Gasteiger partial charge < -0.3 is 14.4 Å². The molecule has 0 aromatic carbocycles. The number of aryl methyl sites for hydroxylation is 1. The molecule has 1 aromatic heterocycles. The second-order valence-electron chi connectivity index (χ2n) is 2.77. The minimum atomic E-state index is 0.0771. The van der Waals surface area contributed by atoms with Crippen molar-refractivity contribution >= 4 is 11.8 Å². The van der Waals surface area contributed by atoms with Gasteiger partial charge in [-0.2, -0.15) is 0 Å². The number of nitrogens with zero attached hydrogens (tertiary/aromatic N) is 3. The fraction of sp³-hybridized carbons (Fsp3) is 0.750. The van der Waals surface area contributed by atoms with E-state index in [-0.39, 0.29) is 6.61 Å². The van der Waals surface area contributed by atoms with E-state index in [0.717, 1.165) is 16.7 Å². The third-order valence-electron chi connectivity index (χ3n) is 1.75. The summed E-state index contributed by atoms with van der Waals surface area (Å²) in [5, 5.41) is 17.3. The SMILES string of the molecule is Cc1nnc(SCCOCCO)n1C. The van der Waals surface area contributed by atoms with Gasteiger partial charge in [0.1, 0.15) is 5.82 Å². The smallest absolute Gasteiger partial charge is 0.191 e. The minimum absolute atomic E-state index is 0.0771. The van der Waals surface area contributed by atoms with Crippen LogP contribution in [0.15, 0.2) is 5.16 Å². The van der Waals surface area contributed by atoms with E-state index in [4.69, 9.17) is 9.84 Å². The summed E-state index contributed by atoms with van der Waals surface area (Å²) >= 11 is 1.60. The molecule has 0 spiro atoms. The van der Waals surface area contributed by atoms with Gasteiger partial charge in [-0.05, 0) is 6.92 Å². The normalized spacial score (nSPS) is 10.8. The van der Waals surface area contributed by atoms with E-state index in [1.807, 2.05) is 18.5 Å². The fourth-order valence-corrected chi connectivity index (χ4v) is 1.68. The number of hydrogen-bond donors (Lipinski definition) is 1. The maximum Gasteiger partial charge on any atom is 0.191 e. The van der Waals surface area contributed by atoms with Crippen molar-refractivity contribution < 1.29 is 9.84 Å². The molecule has 0 amide bonds. The molecule has 6 heteroatoms. The van der Waals surface area contributed by atoms with Gasteiger partial charge in [0.2, 0.25) is 0 Å². The monoisotopic (exact) mass is 217 g/mol. The molecule has 1 rings (SSSR count). The van der Waals surface area contributed by atoms with Crippen LogP contribution in [0.5, 0.6) is 0 Å². The topological polar surface area (TPSA) is 60.2 Å². The van der Waals surface area contributed by atoms with Crippen LogP contribution >= 0.6 is 11.8 Å². The number of thioether (sulfide) groups is 1. The predicted octanol–water partition coefficient (Wildman–Crippen LogP) is 0.225. The Balaban J connectivity index is 2.21. The molecule has 0 bridgehead atoms. The van der Waals surface area contributed by atoms with E-state index in [9.17, 15) is 0 Å². The van der Waals surface area contributed by atoms with Crippen LogP contribution in [0.25, 0.3) is 0 Å². The van der Waals surface area contributed by atoms with Gasteiger partial charge in [0.15, 0.2) is 5.16 Å². The van der Waals surface area contributed by atoms with Gasteiger partial charge in [-0.3, -0.25) is 0 Å². The minimum Gasteiger partial charge on any atom is -0.394 e. The van der Waals surface area contributed by atoms with Crippen LogP contribution in [0.4, 0.5) is 0 Å². The highest BCUT2D eigenvalue weighted by molar-refractivity contribution is 7.99. The first kappa shape index (κ1) is 11.5. The fourth-order valence-electron chi connectivity index (χ4n) is 0.872. The van der Waals surface area contributed by atoms with Crippen molar-refractivity contribution in [1.29, 1.82) is 0 Å². The number of aliphatic hydroxyl groups excluding tert-OH is 1. The lowest BCUT2D eigenvalue weighted by atomic mass is 10.7. The lowest BCUT2D eigenvalue weighted by Crippen LogP contribution is -2.03. The van der Waals surface area contributed by atoms with Crippen LogP contribution in [-0.4, -0.2) is 45.4 Å². The maximum absolute atomic E-state index is 8.47. The zero-order valence-corrected chi connectivity index (χ0v) is 9.25. The Bertz CT molecular complexity index is 278. The largest absolute Gasteiger partial charge is 0.394 e. The summed E-state index contributed by atoms with van der Waals surface area (Å²) in [4.78, 5) is 0. The summed E-state index contributed by atoms with van der Waals surface area (Å²) < 4.78 is 7.06. The molecule has 0 saturated heterocycles. The molecule has 80 valence electrons. The summed E-state index contributed by atoms with van der Waals surface area (Å²) in [6, 6.07) is 0. The highest BCUT2D eigenvalue weighted by Gasteiger charge is 2.04. The predicted molar refractivity (Wildman–Crippen MR) is 54.4 cm³/mol. The van der Waals surface area contributed by atoms with Crippen molar-refractivity contribution in [1.82, 2.24) is 14.8 Å². The molecule has 0 saturated carbocycles. The van der Waals surface area contributed by atoms with E-state index >= 15 is 0 Å². The molecule has 1 heterocycles. The summed E-state index contributed by atoms with van der Waals surface area (Å²) in [5.41, 5.74) is 0. The van der Waals surface area contributed by atoms with Gasteiger partial charge in [-0.25, -0.2) is 0 Å². The zero-order chi connectivity index (χ0) is 10.4. The summed E-state index contributed by atoms with van der Waals surface area (Å²) in [7, 11) is 1.94. The van der Waals surface area contributed by atoms with Gasteiger partial charge in [0.25, 0.3) is 0 Å². The van der Waals surface area contributed by atoms with Gasteiger partial charge in [-0.15, -0.1) is 10.2 Å². The lowest BCUT2D eigenvalue weighted by molar-refractivity contribution is 0.103. The molecule has 0 radical (unpaired) electrons. The maximum atomic E-state index is 8.47. The third-order valence-corrected chi connectivity index (χ3v) is 2.73. The third kappa shape index (κ3) is 3.28. The average molecular weight is 217 g/mol.